The maximum absolute atomic E-state index is 5.01. The van der Waals surface area contributed by atoms with Crippen LogP contribution in [-0.4, -0.2) is 6.73 Å². The molecular formula is C8H9NO. The minimum absolute atomic E-state index is 0.741. The molecule has 0 saturated carbocycles. The number of aryl methyl sites for hydroxylation is 1. The van der Waals surface area contributed by atoms with Crippen LogP contribution in [0.15, 0.2) is 24.3 Å². The van der Waals surface area contributed by atoms with Crippen molar-refractivity contribution in [3.05, 3.63) is 29.8 Å². The zero-order valence-electron chi connectivity index (χ0n) is 5.87. The number of hydrogen-bond acceptors (Lipinski definition) is 2. The molecule has 10 heavy (non-hydrogen) atoms. The van der Waals surface area contributed by atoms with Crippen molar-refractivity contribution in [2.45, 2.75) is 6.92 Å². The van der Waals surface area contributed by atoms with Crippen LogP contribution in [0.5, 0.6) is 0 Å². The van der Waals surface area contributed by atoms with E-state index in [0.717, 1.165) is 6.73 Å². The van der Waals surface area contributed by atoms with Crippen LogP contribution in [0.3, 0.4) is 0 Å². The molecular weight excluding hydrogens is 126 g/mol. The first-order valence-electron chi connectivity index (χ1n) is 3.34. The van der Waals surface area contributed by atoms with Crippen LogP contribution in [-0.2, 0) is 4.84 Å². The maximum Gasteiger partial charge on any atom is 0.171 e. The number of rotatable bonds is 1. The Morgan fingerprint density at radius 1 is 1.40 bits per heavy atom. The molecule has 0 radical (unpaired) electrons. The van der Waals surface area contributed by atoms with E-state index in [1.165, 1.54) is 11.3 Å². The van der Waals surface area contributed by atoms with Crippen LogP contribution in [0.2, 0.25) is 0 Å². The number of para-hydroxylation sites is 1. The van der Waals surface area contributed by atoms with Crippen molar-refractivity contribution in [1.29, 1.82) is 0 Å². The minimum Gasteiger partial charge on any atom is -0.247 e. The largest absolute Gasteiger partial charge is 0.247 e. The average molecular weight is 135 g/mol. The molecule has 1 heterocycles. The summed E-state index contributed by atoms with van der Waals surface area (Å²) in [6.45, 7) is 2.82. The van der Waals surface area contributed by atoms with Crippen LogP contribution in [0.25, 0.3) is 0 Å². The van der Waals surface area contributed by atoms with Crippen molar-refractivity contribution < 1.29 is 4.84 Å². The van der Waals surface area contributed by atoms with Crippen molar-refractivity contribution in [3.63, 3.8) is 0 Å². The van der Waals surface area contributed by atoms with Gasteiger partial charge in [-0.2, -0.15) is 0 Å². The van der Waals surface area contributed by atoms with E-state index in [4.69, 9.17) is 4.84 Å². The Kier molecular flexibility index (Phi) is 1.14. The van der Waals surface area contributed by atoms with Crippen molar-refractivity contribution >= 4 is 5.69 Å². The summed E-state index contributed by atoms with van der Waals surface area (Å²) in [7, 11) is 0. The van der Waals surface area contributed by atoms with Gasteiger partial charge in [-0.15, -0.1) is 0 Å². The van der Waals surface area contributed by atoms with E-state index in [1.807, 2.05) is 17.2 Å². The second kappa shape index (κ2) is 1.99. The second-order valence-corrected chi connectivity index (χ2v) is 2.42. The average Bonchev–Trinajstić information content (AvgIpc) is 2.71. The molecule has 1 aliphatic rings. The molecule has 0 aromatic heterocycles. The second-order valence-electron chi connectivity index (χ2n) is 2.42. The van der Waals surface area contributed by atoms with Gasteiger partial charge in [-0.05, 0) is 18.6 Å². The molecule has 2 heteroatoms. The van der Waals surface area contributed by atoms with E-state index >= 15 is 0 Å². The molecule has 52 valence electrons. The van der Waals surface area contributed by atoms with E-state index in [1.54, 1.807) is 0 Å². The summed E-state index contributed by atoms with van der Waals surface area (Å²) in [6, 6.07) is 8.19. The highest BCUT2D eigenvalue weighted by Gasteiger charge is 2.20. The van der Waals surface area contributed by atoms with E-state index < -0.39 is 0 Å². The Morgan fingerprint density at radius 2 is 2.10 bits per heavy atom. The zero-order chi connectivity index (χ0) is 6.97. The molecule has 1 saturated heterocycles. The number of hydroxylamine groups is 1. The van der Waals surface area contributed by atoms with Crippen molar-refractivity contribution in [2.75, 3.05) is 11.8 Å². The smallest absolute Gasteiger partial charge is 0.171 e. The van der Waals surface area contributed by atoms with Crippen molar-refractivity contribution in [3.8, 4) is 0 Å². The normalized spacial score (nSPS) is 15.5. The van der Waals surface area contributed by atoms with Gasteiger partial charge in [-0.1, -0.05) is 18.2 Å². The Balaban J connectivity index is 2.39. The van der Waals surface area contributed by atoms with Gasteiger partial charge >= 0.3 is 0 Å². The molecule has 0 unspecified atom stereocenters. The zero-order valence-corrected chi connectivity index (χ0v) is 5.87. The van der Waals surface area contributed by atoms with E-state index in [0.29, 0.717) is 0 Å². The van der Waals surface area contributed by atoms with E-state index in [2.05, 4.69) is 19.1 Å². The fourth-order valence-electron chi connectivity index (χ4n) is 1.01. The first-order chi connectivity index (χ1) is 4.88. The number of anilines is 1. The Hall–Kier alpha value is -1.02. The van der Waals surface area contributed by atoms with Crippen LogP contribution in [0.1, 0.15) is 5.56 Å². The number of benzene rings is 1. The summed E-state index contributed by atoms with van der Waals surface area (Å²) in [4.78, 5) is 5.01. The Bertz CT molecular complexity index is 243. The third-order valence-corrected chi connectivity index (χ3v) is 1.64. The summed E-state index contributed by atoms with van der Waals surface area (Å²) in [5.74, 6) is 0. The standard InChI is InChI=1S/C8H9NO/c1-7-4-2-3-5-8(7)9-6-10-9/h2-5H,6H2,1H3. The van der Waals surface area contributed by atoms with E-state index in [9.17, 15) is 0 Å². The topological polar surface area (TPSA) is 15.5 Å². The highest BCUT2D eigenvalue weighted by Crippen LogP contribution is 2.25. The summed E-state index contributed by atoms with van der Waals surface area (Å²) in [5, 5.41) is 1.87. The van der Waals surface area contributed by atoms with Gasteiger partial charge in [0.15, 0.2) is 6.73 Å². The summed E-state index contributed by atoms with van der Waals surface area (Å²) in [5.41, 5.74) is 2.45. The molecule has 0 aliphatic carbocycles. The summed E-state index contributed by atoms with van der Waals surface area (Å²) in [6.07, 6.45) is 0. The number of hydrogen-bond donors (Lipinski definition) is 0. The third kappa shape index (κ3) is 0.866. The Morgan fingerprint density at radius 3 is 2.70 bits per heavy atom. The van der Waals surface area contributed by atoms with Gasteiger partial charge < -0.3 is 0 Å². The van der Waals surface area contributed by atoms with Crippen molar-refractivity contribution in [2.24, 2.45) is 0 Å². The van der Waals surface area contributed by atoms with Gasteiger partial charge in [0.25, 0.3) is 0 Å². The summed E-state index contributed by atoms with van der Waals surface area (Å²) >= 11 is 0. The molecule has 1 fully saturated rings. The van der Waals surface area contributed by atoms with Gasteiger partial charge in [0.05, 0.1) is 5.69 Å². The van der Waals surface area contributed by atoms with Crippen LogP contribution in [0.4, 0.5) is 5.69 Å². The third-order valence-electron chi connectivity index (χ3n) is 1.64. The fourth-order valence-corrected chi connectivity index (χ4v) is 1.01. The predicted molar refractivity (Wildman–Crippen MR) is 39.6 cm³/mol. The Labute approximate surface area is 60.0 Å². The quantitative estimate of drug-likeness (QED) is 0.545. The highest BCUT2D eigenvalue weighted by atomic mass is 16.8. The van der Waals surface area contributed by atoms with E-state index in [-0.39, 0.29) is 0 Å². The van der Waals surface area contributed by atoms with Gasteiger partial charge in [0, 0.05) is 0 Å². The van der Waals surface area contributed by atoms with Gasteiger partial charge in [0.1, 0.15) is 0 Å². The molecule has 2 nitrogen and oxygen atoms in total. The first kappa shape index (κ1) is 5.74. The lowest BCUT2D eigenvalue weighted by molar-refractivity contribution is 0.452. The molecule has 0 N–H and O–H groups in total. The molecule has 0 amide bonds. The maximum atomic E-state index is 5.01. The molecule has 0 bridgehead atoms. The van der Waals surface area contributed by atoms with Gasteiger partial charge in [-0.3, -0.25) is 0 Å². The molecule has 0 atom stereocenters. The summed E-state index contributed by atoms with van der Waals surface area (Å²) < 4.78 is 0. The lowest BCUT2D eigenvalue weighted by Gasteiger charge is -2.00. The van der Waals surface area contributed by atoms with Crippen LogP contribution >= 0.6 is 0 Å². The molecule has 2 rings (SSSR count). The lowest BCUT2D eigenvalue weighted by Crippen LogP contribution is -1.91. The van der Waals surface area contributed by atoms with Gasteiger partial charge in [-0.25, -0.2) is 9.90 Å². The van der Waals surface area contributed by atoms with Crippen LogP contribution in [0, 0.1) is 6.92 Å². The number of nitrogens with zero attached hydrogens (tertiary/aromatic N) is 1. The van der Waals surface area contributed by atoms with Crippen molar-refractivity contribution in [1.82, 2.24) is 0 Å². The van der Waals surface area contributed by atoms with Crippen LogP contribution < -0.4 is 5.06 Å². The van der Waals surface area contributed by atoms with Gasteiger partial charge in [0.2, 0.25) is 0 Å². The molecule has 1 aromatic rings. The SMILES string of the molecule is Cc1ccccc1N1CO1. The minimum atomic E-state index is 0.741. The molecule has 1 aliphatic heterocycles. The molecule has 0 spiro atoms. The fraction of sp³-hybridized carbons (Fsp3) is 0.250. The lowest BCUT2D eigenvalue weighted by atomic mass is 10.2. The predicted octanol–water partition coefficient (Wildman–Crippen LogP) is 1.70. The molecule has 1 aromatic carbocycles. The first-order valence-corrected chi connectivity index (χ1v) is 3.34. The highest BCUT2D eigenvalue weighted by molar-refractivity contribution is 5.52. The monoisotopic (exact) mass is 135 g/mol.